The lowest BCUT2D eigenvalue weighted by atomic mass is 10.1. The Hall–Kier alpha value is -1.10. The number of aliphatic hydroxyl groups excluding tert-OH is 1. The summed E-state index contributed by atoms with van der Waals surface area (Å²) < 4.78 is 1.80. The monoisotopic (exact) mass is 299 g/mol. The van der Waals surface area contributed by atoms with E-state index in [1.54, 1.807) is 22.9 Å². The Balaban J connectivity index is 2.16. The highest BCUT2D eigenvalue weighted by Gasteiger charge is 2.16. The van der Waals surface area contributed by atoms with E-state index in [1.165, 1.54) is 6.33 Å². The van der Waals surface area contributed by atoms with Crippen LogP contribution >= 0.6 is 23.2 Å². The van der Waals surface area contributed by atoms with E-state index in [9.17, 15) is 5.11 Å². The predicted octanol–water partition coefficient (Wildman–Crippen LogP) is 3.27. The van der Waals surface area contributed by atoms with Gasteiger partial charge >= 0.3 is 0 Å². The van der Waals surface area contributed by atoms with Gasteiger partial charge in [0.05, 0.1) is 6.10 Å². The maximum absolute atomic E-state index is 10.2. The maximum atomic E-state index is 10.2. The minimum Gasteiger partial charge on any atom is -0.388 e. The lowest BCUT2D eigenvalue weighted by molar-refractivity contribution is 0.174. The van der Waals surface area contributed by atoms with Crippen molar-refractivity contribution >= 4 is 23.2 Å². The van der Waals surface area contributed by atoms with Crippen molar-refractivity contribution in [3.05, 3.63) is 46.0 Å². The van der Waals surface area contributed by atoms with Crippen molar-refractivity contribution < 1.29 is 5.11 Å². The molecule has 0 spiro atoms. The van der Waals surface area contributed by atoms with Gasteiger partial charge in [0.25, 0.3) is 0 Å². The third kappa shape index (κ3) is 3.47. The molecule has 1 unspecified atom stereocenters. The highest BCUT2D eigenvalue weighted by Crippen LogP contribution is 2.27. The third-order valence-electron chi connectivity index (χ3n) is 2.83. The van der Waals surface area contributed by atoms with Crippen LogP contribution in [0.4, 0.5) is 0 Å². The molecule has 1 heterocycles. The molecule has 1 atom stereocenters. The lowest BCUT2D eigenvalue weighted by Gasteiger charge is -2.13. The zero-order chi connectivity index (χ0) is 13.8. The SMILES string of the molecule is CCCn1ncnc1CC(O)c1ccc(Cl)cc1Cl. The van der Waals surface area contributed by atoms with Crippen LogP contribution in [0.3, 0.4) is 0 Å². The van der Waals surface area contributed by atoms with Gasteiger partial charge in [-0.25, -0.2) is 4.98 Å². The van der Waals surface area contributed by atoms with Gasteiger partial charge in [-0.2, -0.15) is 5.10 Å². The molecule has 1 N–H and O–H groups in total. The van der Waals surface area contributed by atoms with Crippen LogP contribution in [-0.2, 0) is 13.0 Å². The van der Waals surface area contributed by atoms with E-state index < -0.39 is 6.10 Å². The minimum absolute atomic E-state index is 0.376. The molecule has 0 aliphatic heterocycles. The average molecular weight is 300 g/mol. The lowest BCUT2D eigenvalue weighted by Crippen LogP contribution is -2.10. The van der Waals surface area contributed by atoms with Crippen molar-refractivity contribution in [2.75, 3.05) is 0 Å². The molecule has 1 aromatic heterocycles. The summed E-state index contributed by atoms with van der Waals surface area (Å²) in [5.74, 6) is 0.750. The van der Waals surface area contributed by atoms with E-state index in [4.69, 9.17) is 23.2 Å². The zero-order valence-corrected chi connectivity index (χ0v) is 12.1. The Kier molecular flexibility index (Phi) is 4.80. The van der Waals surface area contributed by atoms with Gasteiger partial charge in [0, 0.05) is 23.0 Å². The van der Waals surface area contributed by atoms with Crippen molar-refractivity contribution in [3.8, 4) is 0 Å². The summed E-state index contributed by atoms with van der Waals surface area (Å²) in [4.78, 5) is 4.17. The largest absolute Gasteiger partial charge is 0.388 e. The summed E-state index contributed by atoms with van der Waals surface area (Å²) in [5, 5.41) is 15.4. The number of benzene rings is 1. The second kappa shape index (κ2) is 6.37. The summed E-state index contributed by atoms with van der Waals surface area (Å²) in [6, 6.07) is 5.07. The first-order chi connectivity index (χ1) is 9.11. The molecule has 2 aromatic rings. The van der Waals surface area contributed by atoms with Crippen LogP contribution in [0.2, 0.25) is 10.0 Å². The minimum atomic E-state index is -0.718. The van der Waals surface area contributed by atoms with E-state index in [0.29, 0.717) is 22.0 Å². The quantitative estimate of drug-likeness (QED) is 0.922. The summed E-state index contributed by atoms with van der Waals surface area (Å²) in [5.41, 5.74) is 0.650. The van der Waals surface area contributed by atoms with E-state index in [-0.39, 0.29) is 0 Å². The summed E-state index contributed by atoms with van der Waals surface area (Å²) in [6.45, 7) is 2.86. The molecular formula is C13H15Cl2N3O. The molecule has 0 amide bonds. The van der Waals surface area contributed by atoms with E-state index >= 15 is 0 Å². The Labute approximate surface area is 122 Å². The Morgan fingerprint density at radius 3 is 2.84 bits per heavy atom. The van der Waals surface area contributed by atoms with Gasteiger partial charge in [0.2, 0.25) is 0 Å². The number of nitrogens with zero attached hydrogens (tertiary/aromatic N) is 3. The molecule has 0 aliphatic carbocycles. The van der Waals surface area contributed by atoms with E-state index in [0.717, 1.165) is 18.8 Å². The Morgan fingerprint density at radius 1 is 1.37 bits per heavy atom. The van der Waals surface area contributed by atoms with Crippen LogP contribution in [0.15, 0.2) is 24.5 Å². The number of halogens is 2. The van der Waals surface area contributed by atoms with Crippen LogP contribution in [0.1, 0.15) is 30.8 Å². The van der Waals surface area contributed by atoms with Crippen molar-refractivity contribution in [1.29, 1.82) is 0 Å². The second-order valence-electron chi connectivity index (χ2n) is 4.29. The fourth-order valence-corrected chi connectivity index (χ4v) is 2.43. The molecule has 4 nitrogen and oxygen atoms in total. The molecule has 2 rings (SSSR count). The highest BCUT2D eigenvalue weighted by molar-refractivity contribution is 6.35. The van der Waals surface area contributed by atoms with Crippen LogP contribution in [0.5, 0.6) is 0 Å². The first-order valence-electron chi connectivity index (χ1n) is 6.11. The van der Waals surface area contributed by atoms with Gasteiger partial charge in [-0.15, -0.1) is 0 Å². The number of hydrogen-bond donors (Lipinski definition) is 1. The number of hydrogen-bond acceptors (Lipinski definition) is 3. The van der Waals surface area contributed by atoms with Crippen LogP contribution < -0.4 is 0 Å². The normalized spacial score (nSPS) is 12.6. The fraction of sp³-hybridized carbons (Fsp3) is 0.385. The topological polar surface area (TPSA) is 50.9 Å². The number of aromatic nitrogens is 3. The van der Waals surface area contributed by atoms with Crippen LogP contribution in [0, 0.1) is 0 Å². The molecule has 6 heteroatoms. The van der Waals surface area contributed by atoms with Gasteiger partial charge in [-0.05, 0) is 24.1 Å². The summed E-state index contributed by atoms with van der Waals surface area (Å²) in [7, 11) is 0. The summed E-state index contributed by atoms with van der Waals surface area (Å²) in [6.07, 6.45) is 2.13. The molecule has 19 heavy (non-hydrogen) atoms. The Bertz CT molecular complexity index is 557. The fourth-order valence-electron chi connectivity index (χ4n) is 1.90. The van der Waals surface area contributed by atoms with Crippen LogP contribution in [0.25, 0.3) is 0 Å². The second-order valence-corrected chi connectivity index (χ2v) is 5.13. The maximum Gasteiger partial charge on any atom is 0.138 e. The van der Waals surface area contributed by atoms with Crippen molar-refractivity contribution in [2.24, 2.45) is 0 Å². The molecule has 0 bridgehead atoms. The number of rotatable bonds is 5. The molecular weight excluding hydrogens is 285 g/mol. The van der Waals surface area contributed by atoms with Gasteiger partial charge < -0.3 is 5.11 Å². The first-order valence-corrected chi connectivity index (χ1v) is 6.87. The molecule has 0 radical (unpaired) electrons. The van der Waals surface area contributed by atoms with Crippen molar-refractivity contribution in [2.45, 2.75) is 32.4 Å². The van der Waals surface area contributed by atoms with Crippen molar-refractivity contribution in [3.63, 3.8) is 0 Å². The van der Waals surface area contributed by atoms with Crippen LogP contribution in [-0.4, -0.2) is 19.9 Å². The molecule has 0 fully saturated rings. The number of aryl methyl sites for hydroxylation is 1. The molecule has 1 aromatic carbocycles. The molecule has 0 saturated heterocycles. The van der Waals surface area contributed by atoms with Gasteiger partial charge in [0.15, 0.2) is 0 Å². The molecule has 102 valence electrons. The molecule has 0 saturated carbocycles. The van der Waals surface area contributed by atoms with Crippen molar-refractivity contribution in [1.82, 2.24) is 14.8 Å². The highest BCUT2D eigenvalue weighted by atomic mass is 35.5. The van der Waals surface area contributed by atoms with Gasteiger partial charge in [0.1, 0.15) is 12.2 Å². The standard InChI is InChI=1S/C13H15Cl2N3O/c1-2-5-18-13(16-8-17-18)7-12(19)10-4-3-9(14)6-11(10)15/h3-4,6,8,12,19H,2,5,7H2,1H3. The zero-order valence-electron chi connectivity index (χ0n) is 10.6. The first kappa shape index (κ1) is 14.3. The van der Waals surface area contributed by atoms with Gasteiger partial charge in [-0.3, -0.25) is 4.68 Å². The average Bonchev–Trinajstić information content (AvgIpc) is 2.77. The predicted molar refractivity (Wildman–Crippen MR) is 75.4 cm³/mol. The van der Waals surface area contributed by atoms with E-state index in [1.807, 2.05) is 0 Å². The third-order valence-corrected chi connectivity index (χ3v) is 3.39. The van der Waals surface area contributed by atoms with E-state index in [2.05, 4.69) is 17.0 Å². The Morgan fingerprint density at radius 2 is 2.16 bits per heavy atom. The van der Waals surface area contributed by atoms with Gasteiger partial charge in [-0.1, -0.05) is 36.2 Å². The number of aliphatic hydroxyl groups is 1. The summed E-state index contributed by atoms with van der Waals surface area (Å²) >= 11 is 11.9. The smallest absolute Gasteiger partial charge is 0.138 e. The molecule has 0 aliphatic rings.